The van der Waals surface area contributed by atoms with Gasteiger partial charge in [-0.2, -0.15) is 0 Å². The molecule has 5 nitrogen and oxygen atoms in total. The van der Waals surface area contributed by atoms with Gasteiger partial charge in [0.25, 0.3) is 5.91 Å². The summed E-state index contributed by atoms with van der Waals surface area (Å²) in [6.45, 7) is 4.20. The van der Waals surface area contributed by atoms with Crippen LogP contribution >= 0.6 is 11.5 Å². The number of nitrogens with zero attached hydrogens (tertiary/aromatic N) is 3. The molecule has 90 valence electrons. The van der Waals surface area contributed by atoms with Crippen LogP contribution in [0.2, 0.25) is 0 Å². The minimum absolute atomic E-state index is 0.0625. The van der Waals surface area contributed by atoms with Gasteiger partial charge in [0.1, 0.15) is 4.88 Å². The Morgan fingerprint density at radius 1 is 1.62 bits per heavy atom. The van der Waals surface area contributed by atoms with Crippen LogP contribution in [0.5, 0.6) is 0 Å². The van der Waals surface area contributed by atoms with Crippen LogP contribution in [0.3, 0.4) is 0 Å². The summed E-state index contributed by atoms with van der Waals surface area (Å²) in [5.41, 5.74) is 0.749. The molecule has 0 aliphatic rings. The van der Waals surface area contributed by atoms with E-state index in [0.717, 1.165) is 17.2 Å². The second-order valence-electron chi connectivity index (χ2n) is 3.77. The molecule has 0 bridgehead atoms. The summed E-state index contributed by atoms with van der Waals surface area (Å²) in [7, 11) is 1.73. The molecule has 1 N–H and O–H groups in total. The van der Waals surface area contributed by atoms with Gasteiger partial charge in [-0.15, -0.1) is 5.10 Å². The van der Waals surface area contributed by atoms with E-state index in [-0.39, 0.29) is 12.0 Å². The lowest BCUT2D eigenvalue weighted by molar-refractivity contribution is 0.0772. The SMILES string of the molecule is CCc1nnsc1C(=O)N(C)CCC(C)O. The van der Waals surface area contributed by atoms with Crippen molar-refractivity contribution in [3.63, 3.8) is 0 Å². The summed E-state index contributed by atoms with van der Waals surface area (Å²) in [4.78, 5) is 14.2. The Hall–Kier alpha value is -1.01. The maximum Gasteiger partial charge on any atom is 0.267 e. The van der Waals surface area contributed by atoms with Crippen molar-refractivity contribution in [1.29, 1.82) is 0 Å². The van der Waals surface area contributed by atoms with Crippen LogP contribution in [0.4, 0.5) is 0 Å². The second kappa shape index (κ2) is 5.91. The number of aryl methyl sites for hydroxylation is 1. The van der Waals surface area contributed by atoms with Gasteiger partial charge in [0.15, 0.2) is 0 Å². The number of hydrogen-bond acceptors (Lipinski definition) is 5. The lowest BCUT2D eigenvalue weighted by Gasteiger charge is -2.17. The molecule has 0 spiro atoms. The summed E-state index contributed by atoms with van der Waals surface area (Å²) in [5, 5.41) is 13.1. The Morgan fingerprint density at radius 2 is 2.31 bits per heavy atom. The molecule has 1 unspecified atom stereocenters. The average molecular weight is 243 g/mol. The van der Waals surface area contributed by atoms with E-state index in [1.54, 1.807) is 18.9 Å². The second-order valence-corrected chi connectivity index (χ2v) is 4.52. The van der Waals surface area contributed by atoms with E-state index in [0.29, 0.717) is 24.3 Å². The van der Waals surface area contributed by atoms with Crippen molar-refractivity contribution in [2.75, 3.05) is 13.6 Å². The summed E-state index contributed by atoms with van der Waals surface area (Å²) >= 11 is 1.13. The van der Waals surface area contributed by atoms with Crippen LogP contribution in [0.25, 0.3) is 0 Å². The Kier molecular flexibility index (Phi) is 4.82. The molecule has 0 aromatic carbocycles. The van der Waals surface area contributed by atoms with Crippen molar-refractivity contribution in [2.45, 2.75) is 32.8 Å². The zero-order chi connectivity index (χ0) is 12.1. The maximum absolute atomic E-state index is 12.0. The van der Waals surface area contributed by atoms with E-state index in [2.05, 4.69) is 9.59 Å². The summed E-state index contributed by atoms with van der Waals surface area (Å²) in [5.74, 6) is -0.0625. The minimum atomic E-state index is -0.388. The van der Waals surface area contributed by atoms with E-state index in [1.807, 2.05) is 6.92 Å². The Labute approximate surface area is 99.3 Å². The van der Waals surface area contributed by atoms with E-state index in [1.165, 1.54) is 0 Å². The van der Waals surface area contributed by atoms with E-state index >= 15 is 0 Å². The van der Waals surface area contributed by atoms with Crippen molar-refractivity contribution in [3.8, 4) is 0 Å². The zero-order valence-electron chi connectivity index (χ0n) is 9.80. The Morgan fingerprint density at radius 3 is 2.88 bits per heavy atom. The van der Waals surface area contributed by atoms with Crippen molar-refractivity contribution in [1.82, 2.24) is 14.5 Å². The van der Waals surface area contributed by atoms with Gasteiger partial charge in [0.05, 0.1) is 11.8 Å². The summed E-state index contributed by atoms with van der Waals surface area (Å²) in [6, 6.07) is 0. The van der Waals surface area contributed by atoms with E-state index < -0.39 is 0 Å². The van der Waals surface area contributed by atoms with Gasteiger partial charge in [0, 0.05) is 13.6 Å². The molecular weight excluding hydrogens is 226 g/mol. The molecule has 1 atom stereocenters. The first kappa shape index (κ1) is 13.1. The van der Waals surface area contributed by atoms with Gasteiger partial charge >= 0.3 is 0 Å². The summed E-state index contributed by atoms with van der Waals surface area (Å²) in [6.07, 6.45) is 0.901. The zero-order valence-corrected chi connectivity index (χ0v) is 10.6. The van der Waals surface area contributed by atoms with Crippen LogP contribution < -0.4 is 0 Å². The van der Waals surface area contributed by atoms with Crippen molar-refractivity contribution < 1.29 is 9.90 Å². The minimum Gasteiger partial charge on any atom is -0.393 e. The third kappa shape index (κ3) is 3.24. The van der Waals surface area contributed by atoms with Gasteiger partial charge in [-0.25, -0.2) is 0 Å². The van der Waals surface area contributed by atoms with Crippen molar-refractivity contribution in [3.05, 3.63) is 10.6 Å². The van der Waals surface area contributed by atoms with Crippen LogP contribution in [0.1, 0.15) is 35.6 Å². The molecule has 1 heterocycles. The quantitative estimate of drug-likeness (QED) is 0.836. The standard InChI is InChI=1S/C10H17N3O2S/c1-4-8-9(16-12-11-8)10(15)13(3)6-5-7(2)14/h7,14H,4-6H2,1-3H3. The first-order valence-electron chi connectivity index (χ1n) is 5.31. The molecule has 1 rings (SSSR count). The fourth-order valence-electron chi connectivity index (χ4n) is 1.26. The topological polar surface area (TPSA) is 66.3 Å². The van der Waals surface area contributed by atoms with Crippen molar-refractivity contribution in [2.24, 2.45) is 0 Å². The predicted octanol–water partition coefficient (Wildman–Crippen LogP) is 0.943. The molecule has 0 radical (unpaired) electrons. The fraction of sp³-hybridized carbons (Fsp3) is 0.700. The van der Waals surface area contributed by atoms with Crippen LogP contribution in [0, 0.1) is 0 Å². The van der Waals surface area contributed by atoms with Crippen LogP contribution in [0.15, 0.2) is 0 Å². The van der Waals surface area contributed by atoms with E-state index in [9.17, 15) is 4.79 Å². The van der Waals surface area contributed by atoms with Gasteiger partial charge < -0.3 is 10.0 Å². The lowest BCUT2D eigenvalue weighted by Crippen LogP contribution is -2.29. The number of aliphatic hydroxyl groups is 1. The highest BCUT2D eigenvalue weighted by molar-refractivity contribution is 7.07. The molecule has 0 saturated carbocycles. The summed E-state index contributed by atoms with van der Waals surface area (Å²) < 4.78 is 3.79. The molecular formula is C10H17N3O2S. The Bertz CT molecular complexity index is 352. The third-order valence-electron chi connectivity index (χ3n) is 2.31. The molecule has 0 saturated heterocycles. The maximum atomic E-state index is 12.0. The molecule has 0 aliphatic heterocycles. The van der Waals surface area contributed by atoms with Crippen molar-refractivity contribution >= 4 is 17.4 Å². The first-order chi connectivity index (χ1) is 7.56. The number of carbonyl (C=O) groups is 1. The Balaban J connectivity index is 2.63. The van der Waals surface area contributed by atoms with Gasteiger partial charge in [-0.1, -0.05) is 11.4 Å². The van der Waals surface area contributed by atoms with Gasteiger partial charge in [-0.05, 0) is 31.3 Å². The number of aliphatic hydroxyl groups excluding tert-OH is 1. The fourth-order valence-corrected chi connectivity index (χ4v) is 2.00. The van der Waals surface area contributed by atoms with Gasteiger partial charge in [-0.3, -0.25) is 4.79 Å². The molecule has 0 fully saturated rings. The molecule has 16 heavy (non-hydrogen) atoms. The number of carbonyl (C=O) groups excluding carboxylic acids is 1. The van der Waals surface area contributed by atoms with Crippen LogP contribution in [-0.2, 0) is 6.42 Å². The highest BCUT2D eigenvalue weighted by Gasteiger charge is 2.18. The normalized spacial score (nSPS) is 12.5. The highest BCUT2D eigenvalue weighted by Crippen LogP contribution is 2.13. The van der Waals surface area contributed by atoms with Gasteiger partial charge in [0.2, 0.25) is 0 Å². The molecule has 6 heteroatoms. The van der Waals surface area contributed by atoms with E-state index in [4.69, 9.17) is 5.11 Å². The number of aromatic nitrogens is 2. The molecule has 1 aromatic heterocycles. The number of hydrogen-bond donors (Lipinski definition) is 1. The smallest absolute Gasteiger partial charge is 0.267 e. The molecule has 0 aliphatic carbocycles. The predicted molar refractivity (Wildman–Crippen MR) is 62.5 cm³/mol. The first-order valence-corrected chi connectivity index (χ1v) is 6.08. The monoisotopic (exact) mass is 243 g/mol. The highest BCUT2D eigenvalue weighted by atomic mass is 32.1. The van der Waals surface area contributed by atoms with Crippen LogP contribution in [-0.4, -0.2) is 45.2 Å². The lowest BCUT2D eigenvalue weighted by atomic mass is 10.2. The average Bonchev–Trinajstić information content (AvgIpc) is 2.72. The third-order valence-corrected chi connectivity index (χ3v) is 3.07. The largest absolute Gasteiger partial charge is 0.393 e. The molecule has 1 aromatic rings. The number of rotatable bonds is 5. The number of amides is 1. The molecule has 1 amide bonds.